The van der Waals surface area contributed by atoms with Gasteiger partial charge >= 0.3 is 0 Å². The third kappa shape index (κ3) is 8.09. The lowest BCUT2D eigenvalue weighted by Gasteiger charge is -2.16. The number of sulfonamides is 1. The van der Waals surface area contributed by atoms with E-state index in [2.05, 4.69) is 39.4 Å². The molecule has 3 N–H and O–H groups in total. The highest BCUT2D eigenvalue weighted by atomic mass is 127. The fraction of sp³-hybridized carbons (Fsp3) is 0.381. The Morgan fingerprint density at radius 1 is 1.10 bits per heavy atom. The maximum atomic E-state index is 12.2. The van der Waals surface area contributed by atoms with E-state index >= 15 is 0 Å². The van der Waals surface area contributed by atoms with Gasteiger partial charge in [-0.05, 0) is 42.7 Å². The average Bonchev–Trinajstić information content (AvgIpc) is 3.52. The molecule has 1 atom stereocenters. The molecule has 0 spiro atoms. The van der Waals surface area contributed by atoms with Gasteiger partial charge in [0.15, 0.2) is 5.96 Å². The molecule has 0 radical (unpaired) electrons. The Morgan fingerprint density at radius 2 is 1.77 bits per heavy atom. The van der Waals surface area contributed by atoms with E-state index in [0.717, 1.165) is 30.9 Å². The lowest BCUT2D eigenvalue weighted by Crippen LogP contribution is -2.39. The van der Waals surface area contributed by atoms with Crippen molar-refractivity contribution in [3.63, 3.8) is 0 Å². The lowest BCUT2D eigenvalue weighted by atomic mass is 10.2. The number of nitrogens with zero attached hydrogens (tertiary/aromatic N) is 1. The number of hydrogen-bond acceptors (Lipinski definition) is 4. The Balaban J connectivity index is 0.00000320. The number of rotatable bonds is 9. The first-order valence-corrected chi connectivity index (χ1v) is 12.1. The minimum atomic E-state index is -3.40. The summed E-state index contributed by atoms with van der Waals surface area (Å²) in [5.41, 5.74) is 0.991. The number of hydrogen-bond donors (Lipinski definition) is 3. The molecule has 2 aromatic rings. The van der Waals surface area contributed by atoms with Crippen molar-refractivity contribution in [2.45, 2.75) is 47.4 Å². The van der Waals surface area contributed by atoms with E-state index < -0.39 is 10.0 Å². The largest absolute Gasteiger partial charge is 0.355 e. The van der Waals surface area contributed by atoms with Gasteiger partial charge in [-0.1, -0.05) is 37.3 Å². The highest BCUT2D eigenvalue weighted by Gasteiger charge is 2.27. The highest BCUT2D eigenvalue weighted by Crippen LogP contribution is 2.23. The minimum absolute atomic E-state index is 0. The third-order valence-electron chi connectivity index (χ3n) is 4.45. The van der Waals surface area contributed by atoms with Crippen molar-refractivity contribution in [3.05, 3.63) is 60.2 Å². The standard InChI is InChI=1S/C21H28N4O2S2.HI/c1-16(28-19-6-4-3-5-7-19)14-23-21(22-2)24-15-17-8-12-20(13-9-17)29(26,27)25-18-10-11-18;/h3-9,12-13,16,18,25H,10-11,14-15H2,1-2H3,(H2,22,23,24);1H. The van der Waals surface area contributed by atoms with Crippen LogP contribution in [0.1, 0.15) is 25.3 Å². The normalized spacial score (nSPS) is 15.2. The Hall–Kier alpha value is -1.30. The second kappa shape index (κ2) is 11.9. The summed E-state index contributed by atoms with van der Waals surface area (Å²) in [4.78, 5) is 5.81. The van der Waals surface area contributed by atoms with Gasteiger partial charge in [-0.25, -0.2) is 13.1 Å². The molecule has 1 aliphatic rings. The second-order valence-electron chi connectivity index (χ2n) is 7.09. The summed E-state index contributed by atoms with van der Waals surface area (Å²) in [5, 5.41) is 6.99. The smallest absolute Gasteiger partial charge is 0.240 e. The molecule has 0 saturated heterocycles. The van der Waals surface area contributed by atoms with Crippen LogP contribution in [0, 0.1) is 0 Å². The van der Waals surface area contributed by atoms with Gasteiger partial charge in [0.25, 0.3) is 0 Å². The molecule has 1 saturated carbocycles. The van der Waals surface area contributed by atoms with Gasteiger partial charge in [-0.15, -0.1) is 35.7 Å². The van der Waals surface area contributed by atoms with Gasteiger partial charge in [0.2, 0.25) is 10.0 Å². The first kappa shape index (κ1) is 25.0. The number of benzene rings is 2. The monoisotopic (exact) mass is 560 g/mol. The summed E-state index contributed by atoms with van der Waals surface area (Å²) in [5.74, 6) is 0.720. The van der Waals surface area contributed by atoms with E-state index in [9.17, 15) is 8.42 Å². The zero-order chi connectivity index (χ0) is 20.7. The van der Waals surface area contributed by atoms with Gasteiger partial charge in [0.1, 0.15) is 0 Å². The molecule has 1 aliphatic carbocycles. The topological polar surface area (TPSA) is 82.6 Å². The van der Waals surface area contributed by atoms with Crippen LogP contribution in [0.3, 0.4) is 0 Å². The van der Waals surface area contributed by atoms with Crippen molar-refractivity contribution in [1.29, 1.82) is 0 Å². The van der Waals surface area contributed by atoms with E-state index in [4.69, 9.17) is 0 Å². The van der Waals surface area contributed by atoms with Crippen LogP contribution in [-0.4, -0.2) is 39.3 Å². The molecular formula is C21H29IN4O2S2. The molecule has 164 valence electrons. The van der Waals surface area contributed by atoms with Crippen molar-refractivity contribution < 1.29 is 8.42 Å². The van der Waals surface area contributed by atoms with E-state index in [1.165, 1.54) is 4.90 Å². The molecule has 6 nitrogen and oxygen atoms in total. The zero-order valence-electron chi connectivity index (χ0n) is 17.2. The van der Waals surface area contributed by atoms with Gasteiger partial charge in [-0.3, -0.25) is 4.99 Å². The van der Waals surface area contributed by atoms with Crippen molar-refractivity contribution in [2.24, 2.45) is 4.99 Å². The lowest BCUT2D eigenvalue weighted by molar-refractivity contribution is 0.581. The molecule has 0 amide bonds. The van der Waals surface area contributed by atoms with Crippen LogP contribution in [0.25, 0.3) is 0 Å². The van der Waals surface area contributed by atoms with Crippen LogP contribution >= 0.6 is 35.7 Å². The fourth-order valence-electron chi connectivity index (χ4n) is 2.69. The summed E-state index contributed by atoms with van der Waals surface area (Å²) in [7, 11) is -1.66. The first-order valence-electron chi connectivity index (χ1n) is 9.74. The summed E-state index contributed by atoms with van der Waals surface area (Å²) < 4.78 is 27.2. The Kier molecular flexibility index (Phi) is 9.92. The molecular weight excluding hydrogens is 531 g/mol. The maximum absolute atomic E-state index is 12.2. The van der Waals surface area contributed by atoms with E-state index in [1.54, 1.807) is 19.2 Å². The van der Waals surface area contributed by atoms with Crippen molar-refractivity contribution in [1.82, 2.24) is 15.4 Å². The van der Waals surface area contributed by atoms with Crippen molar-refractivity contribution in [2.75, 3.05) is 13.6 Å². The summed E-state index contributed by atoms with van der Waals surface area (Å²) in [6.45, 7) is 3.52. The predicted molar refractivity (Wildman–Crippen MR) is 135 cm³/mol. The number of guanidine groups is 1. The number of nitrogens with one attached hydrogen (secondary N) is 3. The molecule has 1 unspecified atom stereocenters. The van der Waals surface area contributed by atoms with Crippen LogP contribution in [0.5, 0.6) is 0 Å². The fourth-order valence-corrected chi connectivity index (χ4v) is 4.95. The van der Waals surface area contributed by atoms with Crippen LogP contribution in [0.4, 0.5) is 0 Å². The molecule has 0 heterocycles. The molecule has 9 heteroatoms. The zero-order valence-corrected chi connectivity index (χ0v) is 21.1. The van der Waals surface area contributed by atoms with Gasteiger partial charge in [0, 0.05) is 36.3 Å². The van der Waals surface area contributed by atoms with Crippen molar-refractivity contribution in [3.8, 4) is 0 Å². The summed E-state index contributed by atoms with van der Waals surface area (Å²) >= 11 is 1.81. The predicted octanol–water partition coefficient (Wildman–Crippen LogP) is 3.59. The van der Waals surface area contributed by atoms with Crippen LogP contribution in [0.15, 0.2) is 69.4 Å². The van der Waals surface area contributed by atoms with Crippen LogP contribution in [-0.2, 0) is 16.6 Å². The minimum Gasteiger partial charge on any atom is -0.355 e. The van der Waals surface area contributed by atoms with E-state index in [-0.39, 0.29) is 30.0 Å². The van der Waals surface area contributed by atoms with Gasteiger partial charge in [0.05, 0.1) is 4.90 Å². The molecule has 3 rings (SSSR count). The SMILES string of the molecule is CN=C(NCc1ccc(S(=O)(=O)NC2CC2)cc1)NCC(C)Sc1ccccc1.I. The highest BCUT2D eigenvalue weighted by molar-refractivity contribution is 14.0. The van der Waals surface area contributed by atoms with Crippen LogP contribution in [0.2, 0.25) is 0 Å². The quantitative estimate of drug-likeness (QED) is 0.189. The Morgan fingerprint density at radius 3 is 2.37 bits per heavy atom. The molecule has 0 bridgehead atoms. The second-order valence-corrected chi connectivity index (χ2v) is 10.3. The molecule has 30 heavy (non-hydrogen) atoms. The number of thioether (sulfide) groups is 1. The average molecular weight is 561 g/mol. The van der Waals surface area contributed by atoms with E-state index in [0.29, 0.717) is 16.7 Å². The van der Waals surface area contributed by atoms with Gasteiger partial charge in [-0.2, -0.15) is 0 Å². The van der Waals surface area contributed by atoms with Crippen LogP contribution < -0.4 is 15.4 Å². The number of halogens is 1. The summed E-state index contributed by atoms with van der Waals surface area (Å²) in [6.07, 6.45) is 1.85. The first-order chi connectivity index (χ1) is 14.0. The Labute approximate surface area is 200 Å². The molecule has 1 fully saturated rings. The van der Waals surface area contributed by atoms with Crippen molar-refractivity contribution >= 4 is 51.7 Å². The molecule has 0 aliphatic heterocycles. The Bertz CT molecular complexity index is 918. The maximum Gasteiger partial charge on any atom is 0.240 e. The molecule has 2 aromatic carbocycles. The summed E-state index contributed by atoms with van der Waals surface area (Å²) in [6, 6.07) is 17.4. The number of aliphatic imine (C=N–C) groups is 1. The van der Waals surface area contributed by atoms with Gasteiger partial charge < -0.3 is 10.6 Å². The van der Waals surface area contributed by atoms with E-state index in [1.807, 2.05) is 42.1 Å². The third-order valence-corrected chi connectivity index (χ3v) is 7.10. The molecule has 0 aromatic heterocycles.